The smallest absolute Gasteiger partial charge is 0.295 e. The standard InChI is InChI=1S/C12H13N5O4/c1-2-3-10-14-11(16-15-10)12(19)13-8-6-7(17(20)21)4-5-9(8)18/h4-6,18H,2-3H2,1H3,(H,13,19)(H,14,15,16). The van der Waals surface area contributed by atoms with Crippen LogP contribution in [0, 0.1) is 10.1 Å². The fraction of sp³-hybridized carbons (Fsp3) is 0.250. The number of nitro benzene ring substituents is 1. The molecule has 9 heteroatoms. The van der Waals surface area contributed by atoms with E-state index in [4.69, 9.17) is 0 Å². The van der Waals surface area contributed by atoms with E-state index in [1.165, 1.54) is 0 Å². The summed E-state index contributed by atoms with van der Waals surface area (Å²) in [6.07, 6.45) is 1.50. The zero-order valence-electron chi connectivity index (χ0n) is 11.2. The summed E-state index contributed by atoms with van der Waals surface area (Å²) in [5.41, 5.74) is -0.319. The van der Waals surface area contributed by atoms with Gasteiger partial charge >= 0.3 is 0 Å². The number of carbonyl (C=O) groups excluding carboxylic acids is 1. The van der Waals surface area contributed by atoms with Gasteiger partial charge in [0.1, 0.15) is 11.6 Å². The first-order valence-corrected chi connectivity index (χ1v) is 6.21. The summed E-state index contributed by atoms with van der Waals surface area (Å²) in [6.45, 7) is 1.96. The third-order valence-corrected chi connectivity index (χ3v) is 2.66. The van der Waals surface area contributed by atoms with Gasteiger partial charge in [-0.15, -0.1) is 5.10 Å². The molecule has 1 amide bonds. The lowest BCUT2D eigenvalue weighted by Crippen LogP contribution is -2.14. The largest absolute Gasteiger partial charge is 0.506 e. The molecule has 2 rings (SSSR count). The first kappa shape index (κ1) is 14.4. The van der Waals surface area contributed by atoms with E-state index in [0.717, 1.165) is 24.6 Å². The van der Waals surface area contributed by atoms with Gasteiger partial charge in [-0.2, -0.15) is 0 Å². The van der Waals surface area contributed by atoms with E-state index in [1.54, 1.807) is 0 Å². The fourth-order valence-corrected chi connectivity index (χ4v) is 1.66. The zero-order chi connectivity index (χ0) is 15.4. The molecule has 2 aromatic rings. The average molecular weight is 291 g/mol. The molecule has 1 heterocycles. The number of amides is 1. The second-order valence-corrected chi connectivity index (χ2v) is 4.27. The molecule has 0 saturated carbocycles. The number of aromatic nitrogens is 3. The van der Waals surface area contributed by atoms with Gasteiger partial charge in [0.15, 0.2) is 0 Å². The predicted octanol–water partition coefficient (Wildman–Crippen LogP) is 1.62. The van der Waals surface area contributed by atoms with Crippen molar-refractivity contribution in [3.63, 3.8) is 0 Å². The van der Waals surface area contributed by atoms with Crippen LogP contribution in [0.3, 0.4) is 0 Å². The molecule has 0 aliphatic heterocycles. The molecule has 0 aliphatic carbocycles. The van der Waals surface area contributed by atoms with E-state index in [9.17, 15) is 20.0 Å². The average Bonchev–Trinajstić information content (AvgIpc) is 2.90. The van der Waals surface area contributed by atoms with E-state index < -0.39 is 10.8 Å². The molecule has 0 unspecified atom stereocenters. The number of rotatable bonds is 5. The Morgan fingerprint density at radius 1 is 1.52 bits per heavy atom. The number of hydrogen-bond donors (Lipinski definition) is 3. The molecule has 110 valence electrons. The third-order valence-electron chi connectivity index (χ3n) is 2.66. The summed E-state index contributed by atoms with van der Waals surface area (Å²) in [5, 5.41) is 29.0. The van der Waals surface area contributed by atoms with Gasteiger partial charge in [-0.3, -0.25) is 20.0 Å². The van der Waals surface area contributed by atoms with Crippen LogP contribution >= 0.6 is 0 Å². The minimum atomic E-state index is -0.663. The number of anilines is 1. The summed E-state index contributed by atoms with van der Waals surface area (Å²) in [4.78, 5) is 26.0. The van der Waals surface area contributed by atoms with E-state index in [0.29, 0.717) is 12.2 Å². The molecule has 0 fully saturated rings. The summed E-state index contributed by atoms with van der Waals surface area (Å²) >= 11 is 0. The maximum Gasteiger partial charge on any atom is 0.295 e. The van der Waals surface area contributed by atoms with Crippen molar-refractivity contribution in [1.82, 2.24) is 15.2 Å². The highest BCUT2D eigenvalue weighted by atomic mass is 16.6. The molecule has 9 nitrogen and oxygen atoms in total. The number of hydrogen-bond acceptors (Lipinski definition) is 6. The van der Waals surface area contributed by atoms with Gasteiger partial charge < -0.3 is 10.4 Å². The summed E-state index contributed by atoms with van der Waals surface area (Å²) in [7, 11) is 0. The number of phenolic OH excluding ortho intramolecular Hbond substituents is 1. The van der Waals surface area contributed by atoms with Gasteiger partial charge in [0.25, 0.3) is 11.6 Å². The van der Waals surface area contributed by atoms with Crippen LogP contribution < -0.4 is 5.32 Å². The highest BCUT2D eigenvalue weighted by molar-refractivity contribution is 6.02. The van der Waals surface area contributed by atoms with Crippen LogP contribution in [-0.4, -0.2) is 31.1 Å². The van der Waals surface area contributed by atoms with E-state index in [-0.39, 0.29) is 22.9 Å². The molecule has 0 aliphatic rings. The monoisotopic (exact) mass is 291 g/mol. The Bertz CT molecular complexity index is 682. The number of aromatic hydroxyl groups is 1. The number of H-pyrrole nitrogens is 1. The predicted molar refractivity (Wildman–Crippen MR) is 73.1 cm³/mol. The van der Waals surface area contributed by atoms with Crippen molar-refractivity contribution in [2.24, 2.45) is 0 Å². The van der Waals surface area contributed by atoms with Crippen molar-refractivity contribution in [2.45, 2.75) is 19.8 Å². The molecule has 3 N–H and O–H groups in total. The maximum atomic E-state index is 11.9. The Morgan fingerprint density at radius 3 is 2.95 bits per heavy atom. The highest BCUT2D eigenvalue weighted by Gasteiger charge is 2.16. The van der Waals surface area contributed by atoms with Crippen molar-refractivity contribution >= 4 is 17.3 Å². The molecule has 0 bridgehead atoms. The molecule has 0 atom stereocenters. The molecular formula is C12H13N5O4. The first-order chi connectivity index (χ1) is 10.0. The van der Waals surface area contributed by atoms with E-state index in [2.05, 4.69) is 20.5 Å². The van der Waals surface area contributed by atoms with Gasteiger partial charge in [-0.1, -0.05) is 6.92 Å². The van der Waals surface area contributed by atoms with Crippen molar-refractivity contribution < 1.29 is 14.8 Å². The minimum absolute atomic E-state index is 0.0731. The van der Waals surface area contributed by atoms with Gasteiger partial charge in [0.05, 0.1) is 10.6 Å². The van der Waals surface area contributed by atoms with Gasteiger partial charge in [0, 0.05) is 18.6 Å². The zero-order valence-corrected chi connectivity index (χ0v) is 11.2. The van der Waals surface area contributed by atoms with Crippen molar-refractivity contribution in [3.05, 3.63) is 40.0 Å². The first-order valence-electron chi connectivity index (χ1n) is 6.21. The fourth-order valence-electron chi connectivity index (χ4n) is 1.66. The molecule has 1 aromatic heterocycles. The second kappa shape index (κ2) is 5.99. The molecule has 21 heavy (non-hydrogen) atoms. The Hall–Kier alpha value is -2.97. The SMILES string of the molecule is CCCc1nc(C(=O)Nc2cc([N+](=O)[O-])ccc2O)n[nH]1. The Labute approximate surface area is 119 Å². The van der Waals surface area contributed by atoms with Crippen molar-refractivity contribution in [2.75, 3.05) is 5.32 Å². The number of nitrogens with one attached hydrogen (secondary N) is 2. The number of non-ortho nitro benzene ring substituents is 1. The Balaban J connectivity index is 2.18. The van der Waals surface area contributed by atoms with Crippen LogP contribution in [0.25, 0.3) is 0 Å². The lowest BCUT2D eigenvalue weighted by Gasteiger charge is -2.04. The van der Waals surface area contributed by atoms with Crippen molar-refractivity contribution in [3.8, 4) is 5.75 Å². The van der Waals surface area contributed by atoms with E-state index in [1.807, 2.05) is 6.92 Å². The van der Waals surface area contributed by atoms with Crippen LogP contribution in [0.4, 0.5) is 11.4 Å². The number of nitrogens with zero attached hydrogens (tertiary/aromatic N) is 3. The second-order valence-electron chi connectivity index (χ2n) is 4.27. The molecular weight excluding hydrogens is 278 g/mol. The lowest BCUT2D eigenvalue weighted by molar-refractivity contribution is -0.384. The van der Waals surface area contributed by atoms with Crippen LogP contribution in [0.5, 0.6) is 5.75 Å². The Morgan fingerprint density at radius 2 is 2.29 bits per heavy atom. The van der Waals surface area contributed by atoms with Crippen LogP contribution in [0.15, 0.2) is 18.2 Å². The highest BCUT2D eigenvalue weighted by Crippen LogP contribution is 2.27. The normalized spacial score (nSPS) is 10.3. The number of benzene rings is 1. The van der Waals surface area contributed by atoms with Crippen molar-refractivity contribution in [1.29, 1.82) is 0 Å². The van der Waals surface area contributed by atoms with Crippen LogP contribution in [0.1, 0.15) is 29.8 Å². The number of aryl methyl sites for hydroxylation is 1. The topological polar surface area (TPSA) is 134 Å². The third kappa shape index (κ3) is 3.32. The quantitative estimate of drug-likeness (QED) is 0.435. The van der Waals surface area contributed by atoms with Crippen LogP contribution in [-0.2, 0) is 6.42 Å². The molecule has 0 radical (unpaired) electrons. The van der Waals surface area contributed by atoms with Gasteiger partial charge in [-0.25, -0.2) is 4.98 Å². The Kier molecular flexibility index (Phi) is 4.12. The van der Waals surface area contributed by atoms with Crippen LogP contribution in [0.2, 0.25) is 0 Å². The van der Waals surface area contributed by atoms with Gasteiger partial charge in [-0.05, 0) is 12.5 Å². The maximum absolute atomic E-state index is 11.9. The minimum Gasteiger partial charge on any atom is -0.506 e. The molecule has 1 aromatic carbocycles. The number of carbonyl (C=O) groups is 1. The number of aromatic amines is 1. The number of phenols is 1. The molecule has 0 saturated heterocycles. The summed E-state index contributed by atoms with van der Waals surface area (Å²) < 4.78 is 0. The van der Waals surface area contributed by atoms with Gasteiger partial charge in [0.2, 0.25) is 5.82 Å². The summed E-state index contributed by atoms with van der Waals surface area (Å²) in [5.74, 6) is -0.460. The molecule has 0 spiro atoms. The summed E-state index contributed by atoms with van der Waals surface area (Å²) in [6, 6.07) is 3.33. The van der Waals surface area contributed by atoms with E-state index >= 15 is 0 Å². The lowest BCUT2D eigenvalue weighted by atomic mass is 10.2. The number of nitro groups is 1.